The van der Waals surface area contributed by atoms with Crippen LogP contribution in [-0.2, 0) is 16.0 Å². The Balaban J connectivity index is 1.95. The highest BCUT2D eigenvalue weighted by molar-refractivity contribution is 5.93. The summed E-state index contributed by atoms with van der Waals surface area (Å²) in [6.45, 7) is 1.59. The zero-order valence-corrected chi connectivity index (χ0v) is 13.1. The fourth-order valence-corrected chi connectivity index (χ4v) is 2.04. The number of benzene rings is 2. The van der Waals surface area contributed by atoms with Gasteiger partial charge in [-0.1, -0.05) is 30.3 Å². The Labute approximate surface area is 135 Å². The maximum Gasteiger partial charge on any atom is 0.343 e. The molecule has 0 aliphatic rings. The molecule has 2 rings (SSSR count). The number of ether oxygens (including phenoxy) is 2. The van der Waals surface area contributed by atoms with Gasteiger partial charge in [0.25, 0.3) is 0 Å². The summed E-state index contributed by atoms with van der Waals surface area (Å²) in [6, 6.07) is 16.0. The predicted octanol–water partition coefficient (Wildman–Crippen LogP) is 3.57. The van der Waals surface area contributed by atoms with Crippen molar-refractivity contribution >= 4 is 11.8 Å². The Kier molecular flexibility index (Phi) is 5.69. The molecule has 0 spiro atoms. The quantitative estimate of drug-likeness (QED) is 0.465. The van der Waals surface area contributed by atoms with Gasteiger partial charge in [-0.2, -0.15) is 0 Å². The summed E-state index contributed by atoms with van der Waals surface area (Å²) in [7, 11) is 1.55. The number of carbonyl (C=O) groups is 2. The zero-order valence-electron chi connectivity index (χ0n) is 13.1. The van der Waals surface area contributed by atoms with Gasteiger partial charge < -0.3 is 9.47 Å². The lowest BCUT2D eigenvalue weighted by atomic mass is 10.1. The maximum atomic E-state index is 12.0. The highest BCUT2D eigenvalue weighted by Gasteiger charge is 2.09. The molecule has 0 atom stereocenters. The highest BCUT2D eigenvalue weighted by atomic mass is 16.5. The standard InChI is InChI=1S/C19H18O4/c1-14(12-17(20)13-15-6-4-3-5-7-15)23-19(21)16-8-10-18(22-2)11-9-16/h3-12H,13H2,1-2H3. The molecule has 0 saturated heterocycles. The molecule has 0 N–H and O–H groups in total. The van der Waals surface area contributed by atoms with Gasteiger partial charge >= 0.3 is 5.97 Å². The smallest absolute Gasteiger partial charge is 0.343 e. The summed E-state index contributed by atoms with van der Waals surface area (Å²) in [5, 5.41) is 0. The van der Waals surface area contributed by atoms with Crippen LogP contribution in [0.3, 0.4) is 0 Å². The number of hydrogen-bond acceptors (Lipinski definition) is 4. The Morgan fingerprint density at radius 1 is 1.00 bits per heavy atom. The third-order valence-corrected chi connectivity index (χ3v) is 3.16. The molecule has 2 aromatic carbocycles. The van der Waals surface area contributed by atoms with Gasteiger partial charge in [-0.25, -0.2) is 4.79 Å². The molecule has 4 nitrogen and oxygen atoms in total. The molecule has 23 heavy (non-hydrogen) atoms. The molecular formula is C19H18O4. The van der Waals surface area contributed by atoms with Crippen LogP contribution in [0.25, 0.3) is 0 Å². The normalized spacial score (nSPS) is 11.0. The van der Waals surface area contributed by atoms with Crippen LogP contribution in [0.4, 0.5) is 0 Å². The summed E-state index contributed by atoms with van der Waals surface area (Å²) < 4.78 is 10.2. The van der Waals surface area contributed by atoms with Crippen LogP contribution in [0.2, 0.25) is 0 Å². The largest absolute Gasteiger partial charge is 0.497 e. The van der Waals surface area contributed by atoms with Gasteiger partial charge in [0.2, 0.25) is 0 Å². The zero-order chi connectivity index (χ0) is 16.7. The summed E-state index contributed by atoms with van der Waals surface area (Å²) in [5.41, 5.74) is 1.32. The molecule has 0 saturated carbocycles. The fourth-order valence-electron chi connectivity index (χ4n) is 2.04. The van der Waals surface area contributed by atoms with Crippen LogP contribution in [0, 0.1) is 0 Å². The second-order valence-corrected chi connectivity index (χ2v) is 5.00. The number of carbonyl (C=O) groups excluding carboxylic acids is 2. The average Bonchev–Trinajstić information content (AvgIpc) is 2.55. The van der Waals surface area contributed by atoms with Crippen molar-refractivity contribution in [3.8, 4) is 5.75 Å². The Hall–Kier alpha value is -2.88. The molecule has 0 aliphatic carbocycles. The first-order chi connectivity index (χ1) is 11.1. The summed E-state index contributed by atoms with van der Waals surface area (Å²) in [4.78, 5) is 23.9. The Morgan fingerprint density at radius 3 is 2.26 bits per heavy atom. The van der Waals surface area contributed by atoms with E-state index in [0.717, 1.165) is 5.56 Å². The first-order valence-corrected chi connectivity index (χ1v) is 7.20. The third kappa shape index (κ3) is 5.11. The van der Waals surface area contributed by atoms with Crippen LogP contribution in [0.5, 0.6) is 5.75 Å². The molecule has 118 valence electrons. The van der Waals surface area contributed by atoms with E-state index < -0.39 is 5.97 Å². The van der Waals surface area contributed by atoms with Gasteiger partial charge in [-0.3, -0.25) is 4.79 Å². The minimum atomic E-state index is -0.506. The number of hydrogen-bond donors (Lipinski definition) is 0. The molecule has 0 amide bonds. The molecule has 0 unspecified atom stereocenters. The lowest BCUT2D eigenvalue weighted by molar-refractivity contribution is -0.114. The van der Waals surface area contributed by atoms with Gasteiger partial charge in [0.15, 0.2) is 5.78 Å². The molecule has 0 fully saturated rings. The van der Waals surface area contributed by atoms with Crippen LogP contribution >= 0.6 is 0 Å². The maximum absolute atomic E-state index is 12.0. The minimum absolute atomic E-state index is 0.115. The van der Waals surface area contributed by atoms with Gasteiger partial charge in [0.1, 0.15) is 11.5 Å². The van der Waals surface area contributed by atoms with Crippen molar-refractivity contribution in [3.05, 3.63) is 77.6 Å². The van der Waals surface area contributed by atoms with E-state index in [9.17, 15) is 9.59 Å². The van der Waals surface area contributed by atoms with Crippen molar-refractivity contribution in [1.82, 2.24) is 0 Å². The first kappa shape index (κ1) is 16.5. The summed E-state index contributed by atoms with van der Waals surface area (Å²) in [6.07, 6.45) is 1.62. The van der Waals surface area contributed by atoms with Crippen molar-refractivity contribution in [2.75, 3.05) is 7.11 Å². The average molecular weight is 310 g/mol. The number of rotatable bonds is 6. The van der Waals surface area contributed by atoms with Crippen molar-refractivity contribution in [1.29, 1.82) is 0 Å². The van der Waals surface area contributed by atoms with Gasteiger partial charge in [-0.15, -0.1) is 0 Å². The monoisotopic (exact) mass is 310 g/mol. The van der Waals surface area contributed by atoms with E-state index in [1.165, 1.54) is 6.08 Å². The molecule has 0 bridgehead atoms. The lowest BCUT2D eigenvalue weighted by Gasteiger charge is -2.05. The van der Waals surface area contributed by atoms with Crippen LogP contribution in [0.1, 0.15) is 22.8 Å². The fraction of sp³-hybridized carbons (Fsp3) is 0.158. The Morgan fingerprint density at radius 2 is 1.65 bits per heavy atom. The van der Waals surface area contributed by atoms with E-state index in [-0.39, 0.29) is 18.0 Å². The van der Waals surface area contributed by atoms with Crippen molar-refractivity contribution in [2.45, 2.75) is 13.3 Å². The number of allylic oxidation sites excluding steroid dienone is 2. The second kappa shape index (κ2) is 7.94. The molecule has 0 aliphatic heterocycles. The van der Waals surface area contributed by atoms with Crippen LogP contribution < -0.4 is 4.74 Å². The molecule has 2 aromatic rings. The molecule has 4 heteroatoms. The number of methoxy groups -OCH3 is 1. The highest BCUT2D eigenvalue weighted by Crippen LogP contribution is 2.13. The van der Waals surface area contributed by atoms with E-state index >= 15 is 0 Å². The van der Waals surface area contributed by atoms with E-state index in [1.807, 2.05) is 30.3 Å². The topological polar surface area (TPSA) is 52.6 Å². The predicted molar refractivity (Wildman–Crippen MR) is 87.3 cm³/mol. The van der Waals surface area contributed by atoms with Gasteiger partial charge in [0, 0.05) is 12.5 Å². The van der Waals surface area contributed by atoms with Crippen LogP contribution in [0.15, 0.2) is 66.4 Å². The van der Waals surface area contributed by atoms with E-state index in [1.54, 1.807) is 38.3 Å². The van der Waals surface area contributed by atoms with Crippen molar-refractivity contribution in [2.24, 2.45) is 0 Å². The lowest BCUT2D eigenvalue weighted by Crippen LogP contribution is -2.06. The number of ketones is 1. The third-order valence-electron chi connectivity index (χ3n) is 3.16. The second-order valence-electron chi connectivity index (χ2n) is 5.00. The van der Waals surface area contributed by atoms with Gasteiger partial charge in [-0.05, 0) is 36.8 Å². The molecule has 0 radical (unpaired) electrons. The van der Waals surface area contributed by atoms with Gasteiger partial charge in [0.05, 0.1) is 12.7 Å². The summed E-state index contributed by atoms with van der Waals surface area (Å²) >= 11 is 0. The first-order valence-electron chi connectivity index (χ1n) is 7.20. The van der Waals surface area contributed by atoms with E-state index in [2.05, 4.69) is 0 Å². The molecule has 0 heterocycles. The SMILES string of the molecule is COc1ccc(C(=O)OC(C)=CC(=O)Cc2ccccc2)cc1. The Bertz CT molecular complexity index is 700. The van der Waals surface area contributed by atoms with Crippen molar-refractivity contribution in [3.63, 3.8) is 0 Å². The number of esters is 1. The van der Waals surface area contributed by atoms with E-state index in [0.29, 0.717) is 11.3 Å². The molecule has 0 aromatic heterocycles. The van der Waals surface area contributed by atoms with Crippen LogP contribution in [-0.4, -0.2) is 18.9 Å². The van der Waals surface area contributed by atoms with E-state index in [4.69, 9.17) is 9.47 Å². The minimum Gasteiger partial charge on any atom is -0.497 e. The summed E-state index contributed by atoms with van der Waals surface area (Å²) in [5.74, 6) is 0.309. The molecular weight excluding hydrogens is 292 g/mol. The van der Waals surface area contributed by atoms with Crippen molar-refractivity contribution < 1.29 is 19.1 Å².